The van der Waals surface area contributed by atoms with Crippen LogP contribution in [0.15, 0.2) is 43.0 Å². The number of fused-ring (bicyclic) bond motifs is 1. The van der Waals surface area contributed by atoms with Crippen LogP contribution in [0.25, 0.3) is 6.08 Å². The molecule has 2 aromatic rings. The molecule has 1 heterocycles. The number of carbonyl (C=O) groups is 2. The van der Waals surface area contributed by atoms with Gasteiger partial charge in [-0.15, -0.1) is 0 Å². The van der Waals surface area contributed by atoms with Gasteiger partial charge < -0.3 is 0 Å². The second kappa shape index (κ2) is 6.32. The van der Waals surface area contributed by atoms with E-state index in [-0.39, 0.29) is 23.7 Å². The minimum Gasteiger partial charge on any atom is -0.268 e. The maximum absolute atomic E-state index is 13.2. The summed E-state index contributed by atoms with van der Waals surface area (Å²) in [5.41, 5.74) is 4.38. The molecule has 1 aliphatic heterocycles. The number of hydrogen-bond acceptors (Lipinski definition) is 2. The Hall–Kier alpha value is -2.68. The smallest absolute Gasteiger partial charge is 0.266 e. The van der Waals surface area contributed by atoms with Crippen molar-refractivity contribution in [3.63, 3.8) is 0 Å². The van der Waals surface area contributed by atoms with Crippen LogP contribution in [0.3, 0.4) is 0 Å². The molecule has 0 aromatic heterocycles. The Morgan fingerprint density at radius 2 is 1.44 bits per heavy atom. The van der Waals surface area contributed by atoms with E-state index in [1.165, 1.54) is 4.90 Å². The summed E-state index contributed by atoms with van der Waals surface area (Å²) in [5, 5.41) is 0. The summed E-state index contributed by atoms with van der Waals surface area (Å²) in [5.74, 6) is -0.0991. The van der Waals surface area contributed by atoms with Gasteiger partial charge in [-0.1, -0.05) is 70.7 Å². The Bertz CT molecular complexity index is 851. The highest BCUT2D eigenvalue weighted by atomic mass is 16.2. The molecular weight excluding hydrogens is 310 g/mol. The lowest BCUT2D eigenvalue weighted by Gasteiger charge is -2.25. The second-order valence-corrected chi connectivity index (χ2v) is 7.01. The van der Waals surface area contributed by atoms with Crippen molar-refractivity contribution in [1.29, 1.82) is 0 Å². The van der Waals surface area contributed by atoms with Crippen molar-refractivity contribution in [2.45, 2.75) is 39.5 Å². The summed E-state index contributed by atoms with van der Waals surface area (Å²) >= 11 is 0. The largest absolute Gasteiger partial charge is 0.268 e. The first-order valence-electron chi connectivity index (χ1n) is 8.65. The normalized spacial score (nSPS) is 13.8. The van der Waals surface area contributed by atoms with Crippen LogP contribution in [0, 0.1) is 0 Å². The third-order valence-electron chi connectivity index (χ3n) is 4.73. The molecule has 25 heavy (non-hydrogen) atoms. The number of nitrogens with zero attached hydrogens (tertiary/aromatic N) is 1. The number of imide groups is 1. The predicted octanol–water partition coefficient (Wildman–Crippen LogP) is 5.38. The molecule has 0 atom stereocenters. The molecule has 2 aromatic carbocycles. The van der Waals surface area contributed by atoms with Crippen LogP contribution in [0.1, 0.15) is 76.9 Å². The van der Waals surface area contributed by atoms with Crippen LogP contribution in [-0.2, 0) is 0 Å². The van der Waals surface area contributed by atoms with Gasteiger partial charge in [-0.2, -0.15) is 0 Å². The predicted molar refractivity (Wildman–Crippen MR) is 102 cm³/mol. The molecule has 0 aliphatic carbocycles. The Morgan fingerprint density at radius 1 is 0.880 bits per heavy atom. The van der Waals surface area contributed by atoms with Gasteiger partial charge in [0.15, 0.2) is 0 Å². The highest BCUT2D eigenvalue weighted by Gasteiger charge is 2.40. The lowest BCUT2D eigenvalue weighted by atomic mass is 9.92. The number of benzene rings is 2. The lowest BCUT2D eigenvalue weighted by molar-refractivity contribution is 0.0925. The van der Waals surface area contributed by atoms with Crippen molar-refractivity contribution in [1.82, 2.24) is 0 Å². The number of amides is 2. The van der Waals surface area contributed by atoms with Crippen LogP contribution >= 0.6 is 0 Å². The Kier molecular flexibility index (Phi) is 4.34. The van der Waals surface area contributed by atoms with Crippen molar-refractivity contribution in [3.05, 3.63) is 70.8 Å². The van der Waals surface area contributed by atoms with Gasteiger partial charge in [0.1, 0.15) is 0 Å². The van der Waals surface area contributed by atoms with E-state index in [9.17, 15) is 9.59 Å². The number of anilines is 1. The minimum atomic E-state index is -0.259. The molecule has 0 saturated carbocycles. The van der Waals surface area contributed by atoms with Crippen LogP contribution in [0.5, 0.6) is 0 Å². The SMILES string of the molecule is C=Cc1cccc2c1C(=O)N(c1c(C(C)C)cccc1C(C)C)C2=O. The maximum Gasteiger partial charge on any atom is 0.266 e. The van der Waals surface area contributed by atoms with Gasteiger partial charge in [-0.3, -0.25) is 9.59 Å². The minimum absolute atomic E-state index is 0.205. The van der Waals surface area contributed by atoms with E-state index in [0.29, 0.717) is 16.7 Å². The highest BCUT2D eigenvalue weighted by Crippen LogP contribution is 2.40. The van der Waals surface area contributed by atoms with Crippen LogP contribution < -0.4 is 4.90 Å². The first kappa shape index (κ1) is 17.2. The average Bonchev–Trinajstić information content (AvgIpc) is 2.85. The zero-order valence-corrected chi connectivity index (χ0v) is 15.2. The highest BCUT2D eigenvalue weighted by molar-refractivity contribution is 6.35. The summed E-state index contributed by atoms with van der Waals surface area (Å²) in [6.45, 7) is 12.1. The fourth-order valence-electron chi connectivity index (χ4n) is 3.45. The number of rotatable bonds is 4. The molecule has 3 rings (SSSR count). The topological polar surface area (TPSA) is 37.4 Å². The lowest BCUT2D eigenvalue weighted by Crippen LogP contribution is -2.32. The first-order chi connectivity index (χ1) is 11.9. The number of hydrogen-bond donors (Lipinski definition) is 0. The van der Waals surface area contributed by atoms with Crippen molar-refractivity contribution in [3.8, 4) is 0 Å². The van der Waals surface area contributed by atoms with E-state index in [4.69, 9.17) is 0 Å². The summed E-state index contributed by atoms with van der Waals surface area (Å²) in [6, 6.07) is 11.3. The molecule has 0 fully saturated rings. The molecule has 128 valence electrons. The summed E-state index contributed by atoms with van der Waals surface area (Å²) in [6.07, 6.45) is 1.63. The molecule has 0 radical (unpaired) electrons. The van der Waals surface area contributed by atoms with Gasteiger partial charge in [-0.05, 0) is 34.6 Å². The molecular formula is C22H23NO2. The third-order valence-corrected chi connectivity index (χ3v) is 4.73. The standard InChI is InChI=1S/C22H23NO2/c1-6-15-9-7-12-18-19(15)22(25)23(21(18)24)20-16(13(2)3)10-8-11-17(20)14(4)5/h6-14H,1H2,2-5H3. The van der Waals surface area contributed by atoms with Crippen LogP contribution in [0.4, 0.5) is 5.69 Å². The van der Waals surface area contributed by atoms with Gasteiger partial charge >= 0.3 is 0 Å². The van der Waals surface area contributed by atoms with Gasteiger partial charge in [0.25, 0.3) is 11.8 Å². The quantitative estimate of drug-likeness (QED) is 0.705. The van der Waals surface area contributed by atoms with Gasteiger partial charge in [0.05, 0.1) is 16.8 Å². The average molecular weight is 333 g/mol. The molecule has 0 unspecified atom stereocenters. The third kappa shape index (κ3) is 2.60. The maximum atomic E-state index is 13.2. The van der Waals surface area contributed by atoms with Crippen molar-refractivity contribution in [2.75, 3.05) is 4.90 Å². The molecule has 3 nitrogen and oxygen atoms in total. The van der Waals surface area contributed by atoms with E-state index in [1.807, 2.05) is 24.3 Å². The Morgan fingerprint density at radius 3 is 1.96 bits per heavy atom. The van der Waals surface area contributed by atoms with Gasteiger partial charge in [-0.25, -0.2) is 4.90 Å². The monoisotopic (exact) mass is 333 g/mol. The molecule has 2 amide bonds. The van der Waals surface area contributed by atoms with Gasteiger partial charge in [0.2, 0.25) is 0 Å². The van der Waals surface area contributed by atoms with Crippen LogP contribution in [0.2, 0.25) is 0 Å². The van der Waals surface area contributed by atoms with Crippen LogP contribution in [-0.4, -0.2) is 11.8 Å². The van der Waals surface area contributed by atoms with Crippen molar-refractivity contribution < 1.29 is 9.59 Å². The second-order valence-electron chi connectivity index (χ2n) is 7.01. The Labute approximate surface area is 149 Å². The Balaban J connectivity index is 2.27. The van der Waals surface area contributed by atoms with E-state index < -0.39 is 0 Å². The zero-order chi connectivity index (χ0) is 18.3. The fraction of sp³-hybridized carbons (Fsp3) is 0.273. The molecule has 0 saturated heterocycles. The zero-order valence-electron chi connectivity index (χ0n) is 15.2. The first-order valence-corrected chi connectivity index (χ1v) is 8.65. The molecule has 0 N–H and O–H groups in total. The summed E-state index contributed by atoms with van der Waals surface area (Å²) in [7, 11) is 0. The van der Waals surface area contributed by atoms with E-state index in [1.54, 1.807) is 18.2 Å². The van der Waals surface area contributed by atoms with E-state index in [2.05, 4.69) is 34.3 Å². The van der Waals surface area contributed by atoms with E-state index in [0.717, 1.165) is 16.8 Å². The van der Waals surface area contributed by atoms with Gasteiger partial charge in [0, 0.05) is 0 Å². The molecule has 0 bridgehead atoms. The number of para-hydroxylation sites is 1. The fourth-order valence-corrected chi connectivity index (χ4v) is 3.45. The molecule has 1 aliphatic rings. The van der Waals surface area contributed by atoms with E-state index >= 15 is 0 Å². The molecule has 3 heteroatoms. The summed E-state index contributed by atoms with van der Waals surface area (Å²) < 4.78 is 0. The number of carbonyl (C=O) groups excluding carboxylic acids is 2. The summed E-state index contributed by atoms with van der Waals surface area (Å²) in [4.78, 5) is 27.7. The molecule has 0 spiro atoms. The van der Waals surface area contributed by atoms with Crippen molar-refractivity contribution >= 4 is 23.6 Å². The van der Waals surface area contributed by atoms with Crippen molar-refractivity contribution in [2.24, 2.45) is 0 Å².